The number of amides is 2. The minimum atomic E-state index is -0.344. The molecule has 1 aliphatic heterocycles. The summed E-state index contributed by atoms with van der Waals surface area (Å²) in [7, 11) is 0. The Balaban J connectivity index is 2.34. The first-order valence-corrected chi connectivity index (χ1v) is 5.64. The molecule has 2 amide bonds. The second kappa shape index (κ2) is 3.90. The van der Waals surface area contributed by atoms with Gasteiger partial charge in [-0.05, 0) is 24.0 Å². The molecule has 1 aromatic carbocycles. The van der Waals surface area contributed by atoms with Gasteiger partial charge >= 0.3 is 0 Å². The van der Waals surface area contributed by atoms with Crippen molar-refractivity contribution < 1.29 is 9.59 Å². The van der Waals surface area contributed by atoms with Gasteiger partial charge in [-0.15, -0.1) is 11.8 Å². The number of carbonyl (C=O) groups excluding carboxylic acids is 2. The average molecular weight is 219 g/mol. The Morgan fingerprint density at radius 2 is 1.80 bits per heavy atom. The first-order valence-electron chi connectivity index (χ1n) is 4.42. The van der Waals surface area contributed by atoms with Crippen LogP contribution in [-0.4, -0.2) is 18.1 Å². The fourth-order valence-corrected chi connectivity index (χ4v) is 1.81. The third kappa shape index (κ3) is 1.94. The molecule has 0 spiro atoms. The minimum Gasteiger partial charge on any atom is -0.289 e. The Kier molecular flexibility index (Phi) is 2.60. The van der Waals surface area contributed by atoms with E-state index in [2.05, 4.69) is 5.32 Å². The first kappa shape index (κ1) is 9.98. The molecule has 2 rings (SSSR count). The van der Waals surface area contributed by atoms with Crippen molar-refractivity contribution in [2.45, 2.75) is 4.90 Å². The summed E-state index contributed by atoms with van der Waals surface area (Å²) in [5.74, 6) is -0.666. The van der Waals surface area contributed by atoms with Crippen molar-refractivity contribution in [2.24, 2.45) is 0 Å². The third-order valence-corrected chi connectivity index (χ3v) is 2.90. The van der Waals surface area contributed by atoms with Gasteiger partial charge in [-0.1, -0.05) is 12.1 Å². The van der Waals surface area contributed by atoms with E-state index in [4.69, 9.17) is 0 Å². The summed E-state index contributed by atoms with van der Waals surface area (Å²) in [6.45, 7) is 0. The molecule has 76 valence electrons. The zero-order valence-electron chi connectivity index (χ0n) is 8.11. The molecule has 0 aliphatic carbocycles. The fourth-order valence-electron chi connectivity index (χ4n) is 1.40. The molecule has 0 radical (unpaired) electrons. The topological polar surface area (TPSA) is 46.2 Å². The van der Waals surface area contributed by atoms with E-state index in [0.717, 1.165) is 10.5 Å². The highest BCUT2D eigenvalue weighted by atomic mass is 32.2. The molecule has 0 saturated carbocycles. The Morgan fingerprint density at radius 1 is 1.13 bits per heavy atom. The summed E-state index contributed by atoms with van der Waals surface area (Å²) >= 11 is 1.63. The maximum Gasteiger partial charge on any atom is 0.258 e. The molecule has 0 atom stereocenters. The smallest absolute Gasteiger partial charge is 0.258 e. The molecule has 0 aromatic heterocycles. The molecule has 0 fully saturated rings. The lowest BCUT2D eigenvalue weighted by Gasteiger charge is -2.01. The second-order valence-electron chi connectivity index (χ2n) is 3.10. The van der Waals surface area contributed by atoms with E-state index in [1.54, 1.807) is 11.8 Å². The van der Waals surface area contributed by atoms with Crippen molar-refractivity contribution in [3.8, 4) is 0 Å². The number of hydrogen-bond acceptors (Lipinski definition) is 3. The van der Waals surface area contributed by atoms with Crippen LogP contribution in [0.5, 0.6) is 0 Å². The van der Waals surface area contributed by atoms with Crippen molar-refractivity contribution in [1.29, 1.82) is 0 Å². The lowest BCUT2D eigenvalue weighted by molar-refractivity contribution is -0.123. The Morgan fingerprint density at radius 3 is 2.27 bits per heavy atom. The number of nitrogens with one attached hydrogen (secondary N) is 1. The van der Waals surface area contributed by atoms with Crippen LogP contribution in [0.4, 0.5) is 0 Å². The summed E-state index contributed by atoms with van der Waals surface area (Å²) in [5, 5.41) is 2.22. The zero-order valence-corrected chi connectivity index (χ0v) is 8.93. The molecule has 1 aliphatic rings. The maximum atomic E-state index is 11.3. The number of rotatable bonds is 2. The standard InChI is InChI=1S/C11H9NO2S/c1-15-8-4-2-7(3-5-8)9-6-10(13)12-11(9)14/h2-6H,1H3,(H,12,13,14). The van der Waals surface area contributed by atoms with Gasteiger partial charge in [0.25, 0.3) is 11.8 Å². The van der Waals surface area contributed by atoms with Crippen LogP contribution < -0.4 is 5.32 Å². The molecule has 1 N–H and O–H groups in total. The molecule has 0 saturated heterocycles. The van der Waals surface area contributed by atoms with E-state index in [-0.39, 0.29) is 11.8 Å². The van der Waals surface area contributed by atoms with Crippen LogP contribution in [0.25, 0.3) is 5.57 Å². The van der Waals surface area contributed by atoms with Crippen LogP contribution in [-0.2, 0) is 9.59 Å². The van der Waals surface area contributed by atoms with Crippen molar-refractivity contribution >= 4 is 29.1 Å². The largest absolute Gasteiger partial charge is 0.289 e. The summed E-state index contributed by atoms with van der Waals surface area (Å²) in [6.07, 6.45) is 3.32. The minimum absolute atomic E-state index is 0.322. The average Bonchev–Trinajstić information content (AvgIpc) is 2.58. The third-order valence-electron chi connectivity index (χ3n) is 2.16. The van der Waals surface area contributed by atoms with Crippen molar-refractivity contribution in [1.82, 2.24) is 5.32 Å². The highest BCUT2D eigenvalue weighted by Gasteiger charge is 2.21. The van der Waals surface area contributed by atoms with Gasteiger partial charge in [-0.2, -0.15) is 0 Å². The van der Waals surface area contributed by atoms with E-state index in [1.807, 2.05) is 30.5 Å². The van der Waals surface area contributed by atoms with Gasteiger partial charge in [0.15, 0.2) is 0 Å². The van der Waals surface area contributed by atoms with Crippen LogP contribution in [0.3, 0.4) is 0 Å². The van der Waals surface area contributed by atoms with Gasteiger partial charge in [0, 0.05) is 11.0 Å². The highest BCUT2D eigenvalue weighted by Crippen LogP contribution is 2.21. The molecule has 3 nitrogen and oxygen atoms in total. The van der Waals surface area contributed by atoms with Crippen LogP contribution >= 0.6 is 11.8 Å². The van der Waals surface area contributed by atoms with Gasteiger partial charge < -0.3 is 0 Å². The number of carbonyl (C=O) groups is 2. The lowest BCUT2D eigenvalue weighted by Crippen LogP contribution is -2.21. The van der Waals surface area contributed by atoms with Crippen LogP contribution in [0.1, 0.15) is 5.56 Å². The zero-order chi connectivity index (χ0) is 10.8. The van der Waals surface area contributed by atoms with E-state index >= 15 is 0 Å². The molecular weight excluding hydrogens is 210 g/mol. The first-order chi connectivity index (χ1) is 7.20. The van der Waals surface area contributed by atoms with Crippen LogP contribution in [0.2, 0.25) is 0 Å². The quantitative estimate of drug-likeness (QED) is 0.605. The van der Waals surface area contributed by atoms with Crippen LogP contribution in [0.15, 0.2) is 35.2 Å². The fraction of sp³-hybridized carbons (Fsp3) is 0.0909. The molecule has 1 heterocycles. The van der Waals surface area contributed by atoms with Gasteiger partial charge in [0.05, 0.1) is 5.57 Å². The summed E-state index contributed by atoms with van der Waals surface area (Å²) in [4.78, 5) is 23.4. The Hall–Kier alpha value is -1.55. The SMILES string of the molecule is CSc1ccc(C2=CC(=O)NC2=O)cc1. The molecule has 0 unspecified atom stereocenters. The van der Waals surface area contributed by atoms with Crippen molar-refractivity contribution in [3.63, 3.8) is 0 Å². The van der Waals surface area contributed by atoms with Crippen LogP contribution in [0, 0.1) is 0 Å². The molecule has 0 bridgehead atoms. The number of benzene rings is 1. The van der Waals surface area contributed by atoms with E-state index in [9.17, 15) is 9.59 Å². The normalized spacial score (nSPS) is 15.1. The van der Waals surface area contributed by atoms with E-state index in [1.165, 1.54) is 6.08 Å². The lowest BCUT2D eigenvalue weighted by atomic mass is 10.1. The molecule has 4 heteroatoms. The predicted octanol–water partition coefficient (Wildman–Crippen LogP) is 1.45. The molecule has 15 heavy (non-hydrogen) atoms. The van der Waals surface area contributed by atoms with Gasteiger partial charge in [0.1, 0.15) is 0 Å². The second-order valence-corrected chi connectivity index (χ2v) is 3.98. The van der Waals surface area contributed by atoms with Gasteiger partial charge in [0.2, 0.25) is 0 Å². The Bertz CT molecular complexity index is 448. The highest BCUT2D eigenvalue weighted by molar-refractivity contribution is 7.98. The van der Waals surface area contributed by atoms with Gasteiger partial charge in [-0.25, -0.2) is 0 Å². The van der Waals surface area contributed by atoms with E-state index < -0.39 is 0 Å². The number of hydrogen-bond donors (Lipinski definition) is 1. The summed E-state index contributed by atoms with van der Waals surface area (Å²) in [5.41, 5.74) is 1.21. The molecular formula is C11H9NO2S. The van der Waals surface area contributed by atoms with Gasteiger partial charge in [-0.3, -0.25) is 14.9 Å². The monoisotopic (exact) mass is 219 g/mol. The number of thioether (sulfide) groups is 1. The van der Waals surface area contributed by atoms with E-state index in [0.29, 0.717) is 5.57 Å². The maximum absolute atomic E-state index is 11.3. The Labute approximate surface area is 91.6 Å². The van der Waals surface area contributed by atoms with Crippen molar-refractivity contribution in [3.05, 3.63) is 35.9 Å². The predicted molar refractivity (Wildman–Crippen MR) is 59.3 cm³/mol. The summed E-state index contributed by atoms with van der Waals surface area (Å²) < 4.78 is 0. The number of imide groups is 1. The molecule has 1 aromatic rings. The summed E-state index contributed by atoms with van der Waals surface area (Å²) in [6, 6.07) is 7.54. The van der Waals surface area contributed by atoms with Crippen molar-refractivity contribution in [2.75, 3.05) is 6.26 Å².